The highest BCUT2D eigenvalue weighted by Gasteiger charge is 2.19. The molecule has 0 saturated carbocycles. The monoisotopic (exact) mass is 766 g/mol. The van der Waals surface area contributed by atoms with Gasteiger partial charge in [-0.2, -0.15) is 0 Å². The van der Waals surface area contributed by atoms with Crippen LogP contribution in [0.2, 0.25) is 0 Å². The van der Waals surface area contributed by atoms with Crippen molar-refractivity contribution in [1.29, 1.82) is 0 Å². The zero-order valence-corrected chi connectivity index (χ0v) is 32.8. The number of hydrogen-bond donors (Lipinski definition) is 0. The molecule has 8 aromatic carbocycles. The minimum Gasteiger partial charge on any atom is -0.456 e. The number of hydrogen-bond acceptors (Lipinski definition) is 2. The van der Waals surface area contributed by atoms with E-state index in [4.69, 9.17) is 9.40 Å². The van der Waals surface area contributed by atoms with Crippen molar-refractivity contribution < 1.29 is 4.42 Å². The topological polar surface area (TPSA) is 31.0 Å². The third-order valence-electron chi connectivity index (χ3n) is 12.2. The maximum absolute atomic E-state index is 6.20. The molecule has 11 aromatic rings. The number of furan rings is 1. The van der Waals surface area contributed by atoms with Crippen LogP contribution in [0.4, 0.5) is 0 Å². The molecular formula is C57H38N2O. The van der Waals surface area contributed by atoms with Crippen LogP contribution in [0, 0.1) is 0 Å². The van der Waals surface area contributed by atoms with E-state index in [1.807, 2.05) is 12.1 Å². The number of aromatic nitrogens is 2. The summed E-state index contributed by atoms with van der Waals surface area (Å²) in [7, 11) is 0. The van der Waals surface area contributed by atoms with Crippen LogP contribution in [0.25, 0.3) is 111 Å². The molecule has 3 aromatic heterocycles. The van der Waals surface area contributed by atoms with Crippen LogP contribution in [0.15, 0.2) is 211 Å². The first-order chi connectivity index (χ1) is 29.7. The number of rotatable bonds is 6. The van der Waals surface area contributed by atoms with Gasteiger partial charge in [0.15, 0.2) is 0 Å². The van der Waals surface area contributed by atoms with Gasteiger partial charge in [-0.3, -0.25) is 4.57 Å². The van der Waals surface area contributed by atoms with Crippen molar-refractivity contribution in [1.82, 2.24) is 9.55 Å². The molecule has 0 amide bonds. The molecule has 12 rings (SSSR count). The van der Waals surface area contributed by atoms with Crippen molar-refractivity contribution in [2.75, 3.05) is 0 Å². The zero-order valence-electron chi connectivity index (χ0n) is 32.8. The van der Waals surface area contributed by atoms with Crippen LogP contribution in [0.5, 0.6) is 0 Å². The van der Waals surface area contributed by atoms with Gasteiger partial charge < -0.3 is 4.42 Å². The molecule has 0 atom stereocenters. The van der Waals surface area contributed by atoms with Gasteiger partial charge in [-0.25, -0.2) is 4.98 Å². The number of allylic oxidation sites excluding steroid dienone is 4. The van der Waals surface area contributed by atoms with Gasteiger partial charge in [-0.1, -0.05) is 158 Å². The zero-order chi connectivity index (χ0) is 39.6. The second-order valence-corrected chi connectivity index (χ2v) is 15.8. The Morgan fingerprint density at radius 3 is 1.87 bits per heavy atom. The first-order valence-corrected chi connectivity index (χ1v) is 20.8. The van der Waals surface area contributed by atoms with Crippen molar-refractivity contribution in [3.05, 3.63) is 212 Å². The van der Waals surface area contributed by atoms with E-state index < -0.39 is 0 Å². The Morgan fingerprint density at radius 2 is 1.05 bits per heavy atom. The van der Waals surface area contributed by atoms with Crippen LogP contribution in [-0.4, -0.2) is 9.55 Å². The number of fused-ring (bicyclic) bond motifs is 8. The van der Waals surface area contributed by atoms with Crippen molar-refractivity contribution >= 4 is 60.1 Å². The lowest BCUT2D eigenvalue weighted by Crippen LogP contribution is -2.00. The molecule has 3 heteroatoms. The summed E-state index contributed by atoms with van der Waals surface area (Å²) in [5.41, 5.74) is 15.5. The summed E-state index contributed by atoms with van der Waals surface area (Å²) in [5.74, 6) is 0.881. The van der Waals surface area contributed by atoms with E-state index in [2.05, 4.69) is 199 Å². The molecule has 3 heterocycles. The van der Waals surface area contributed by atoms with E-state index in [0.717, 1.165) is 85.1 Å². The highest BCUT2D eigenvalue weighted by molar-refractivity contribution is 6.22. The molecule has 60 heavy (non-hydrogen) atoms. The van der Waals surface area contributed by atoms with Gasteiger partial charge in [0.1, 0.15) is 17.0 Å². The Balaban J connectivity index is 1.07. The van der Waals surface area contributed by atoms with Gasteiger partial charge in [-0.05, 0) is 117 Å². The van der Waals surface area contributed by atoms with E-state index in [0.29, 0.717) is 0 Å². The number of nitrogens with zero attached hydrogens (tertiary/aromatic N) is 2. The van der Waals surface area contributed by atoms with Gasteiger partial charge in [0.25, 0.3) is 0 Å². The summed E-state index contributed by atoms with van der Waals surface area (Å²) in [6.45, 7) is 0. The first kappa shape index (κ1) is 34.3. The molecular weight excluding hydrogens is 729 g/mol. The Bertz CT molecular complexity index is 3510. The first-order valence-electron chi connectivity index (χ1n) is 20.8. The van der Waals surface area contributed by atoms with E-state index in [1.165, 1.54) is 43.8 Å². The molecule has 0 spiro atoms. The van der Waals surface area contributed by atoms with E-state index in [-0.39, 0.29) is 0 Å². The van der Waals surface area contributed by atoms with Crippen LogP contribution in [-0.2, 0) is 0 Å². The molecule has 3 nitrogen and oxygen atoms in total. The molecule has 0 unspecified atom stereocenters. The fraction of sp³-hybridized carbons (Fsp3) is 0.0351. The highest BCUT2D eigenvalue weighted by Crippen LogP contribution is 2.41. The van der Waals surface area contributed by atoms with Gasteiger partial charge in [0.05, 0.1) is 16.7 Å². The predicted octanol–water partition coefficient (Wildman–Crippen LogP) is 15.6. The van der Waals surface area contributed by atoms with Crippen molar-refractivity contribution in [2.24, 2.45) is 0 Å². The van der Waals surface area contributed by atoms with E-state index in [1.54, 1.807) is 0 Å². The third-order valence-corrected chi connectivity index (χ3v) is 12.2. The molecule has 282 valence electrons. The normalized spacial score (nSPS) is 12.9. The Hall–Kier alpha value is -7.75. The van der Waals surface area contributed by atoms with Crippen molar-refractivity contribution in [3.8, 4) is 50.5 Å². The maximum atomic E-state index is 6.20. The molecule has 0 N–H and O–H groups in total. The molecule has 0 radical (unpaired) electrons. The maximum Gasteiger partial charge on any atom is 0.138 e. The quantitative estimate of drug-likeness (QED) is 0.169. The molecule has 0 saturated heterocycles. The minimum absolute atomic E-state index is 0.881. The van der Waals surface area contributed by atoms with Crippen LogP contribution in [0.1, 0.15) is 18.4 Å². The lowest BCUT2D eigenvalue weighted by Gasteiger charge is -2.14. The SMILES string of the molecule is C1=CC(c2ccc(-c3cc(-c4ccc(-c5ccccc5)cc4)nc(-n4c5ccc(-c6ccc7oc8ccccc8c7c6)cc5c5c6ccccc6ccc54)c3)cc2)=CCC1. The Labute approximate surface area is 347 Å². The fourth-order valence-corrected chi connectivity index (χ4v) is 9.21. The highest BCUT2D eigenvalue weighted by atomic mass is 16.3. The molecule has 1 aliphatic carbocycles. The summed E-state index contributed by atoms with van der Waals surface area (Å²) in [6, 6.07) is 67.8. The predicted molar refractivity (Wildman–Crippen MR) is 251 cm³/mol. The summed E-state index contributed by atoms with van der Waals surface area (Å²) >= 11 is 0. The second-order valence-electron chi connectivity index (χ2n) is 15.8. The van der Waals surface area contributed by atoms with Crippen LogP contribution in [0.3, 0.4) is 0 Å². The van der Waals surface area contributed by atoms with Crippen LogP contribution < -0.4 is 0 Å². The van der Waals surface area contributed by atoms with Crippen molar-refractivity contribution in [2.45, 2.75) is 12.8 Å². The largest absolute Gasteiger partial charge is 0.456 e. The summed E-state index contributed by atoms with van der Waals surface area (Å²) in [5, 5.41) is 7.11. The smallest absolute Gasteiger partial charge is 0.138 e. The van der Waals surface area contributed by atoms with Gasteiger partial charge >= 0.3 is 0 Å². The summed E-state index contributed by atoms with van der Waals surface area (Å²) < 4.78 is 8.57. The number of pyridine rings is 1. The fourth-order valence-electron chi connectivity index (χ4n) is 9.21. The average Bonchev–Trinajstić information content (AvgIpc) is 3.87. The van der Waals surface area contributed by atoms with E-state index >= 15 is 0 Å². The summed E-state index contributed by atoms with van der Waals surface area (Å²) in [4.78, 5) is 5.52. The lowest BCUT2D eigenvalue weighted by atomic mass is 9.96. The van der Waals surface area contributed by atoms with E-state index in [9.17, 15) is 0 Å². The van der Waals surface area contributed by atoms with Gasteiger partial charge in [0, 0.05) is 27.1 Å². The average molecular weight is 767 g/mol. The third kappa shape index (κ3) is 5.78. The minimum atomic E-state index is 0.881. The lowest BCUT2D eigenvalue weighted by molar-refractivity contribution is 0.669. The molecule has 0 aliphatic heterocycles. The molecule has 0 bridgehead atoms. The summed E-state index contributed by atoms with van der Waals surface area (Å²) in [6.07, 6.45) is 9.04. The Morgan fingerprint density at radius 1 is 0.417 bits per heavy atom. The molecule has 0 fully saturated rings. The van der Waals surface area contributed by atoms with Crippen molar-refractivity contribution in [3.63, 3.8) is 0 Å². The van der Waals surface area contributed by atoms with Crippen LogP contribution >= 0.6 is 0 Å². The number of benzene rings is 8. The van der Waals surface area contributed by atoms with Gasteiger partial charge in [-0.15, -0.1) is 0 Å². The number of para-hydroxylation sites is 1. The molecule has 1 aliphatic rings. The Kier molecular flexibility index (Phi) is 7.99. The standard InChI is InChI=1S/C57H38N2O/c1-3-11-37(12-4-1)39-19-21-41(22-20-39)46-35-51(43-25-23-40(24-26-43)38-13-5-2-6-14-38)58-56(36-46)59-52-30-28-44(34-50(52)57-47-16-8-7-15-42(47)27-31-53(57)59)45-29-32-55-49(33-45)48-17-9-10-18-54(48)60-55/h2-3,5-36H,1,4H2. The second kappa shape index (κ2) is 14.0. The van der Waals surface area contributed by atoms with Gasteiger partial charge in [0.2, 0.25) is 0 Å².